The van der Waals surface area contributed by atoms with Gasteiger partial charge in [0, 0.05) is 26.9 Å². The number of hydrogen-bond acceptors (Lipinski definition) is 5. The van der Waals surface area contributed by atoms with Gasteiger partial charge in [-0.2, -0.15) is 5.10 Å². The highest BCUT2D eigenvalue weighted by Crippen LogP contribution is 2.23. The van der Waals surface area contributed by atoms with Crippen LogP contribution in [-0.2, 0) is 20.6 Å². The molecule has 0 unspecified atom stereocenters. The Kier molecular flexibility index (Phi) is 4.03. The Morgan fingerprint density at radius 3 is 2.41 bits per heavy atom. The average molecular weight is 305 g/mol. The molecular formula is C14H19N5O3. The molecule has 118 valence electrons. The second-order valence-electron chi connectivity index (χ2n) is 5.04. The van der Waals surface area contributed by atoms with Gasteiger partial charge in [0.05, 0.1) is 11.4 Å². The van der Waals surface area contributed by atoms with E-state index in [1.54, 1.807) is 4.68 Å². The van der Waals surface area contributed by atoms with E-state index in [0.717, 1.165) is 27.1 Å². The van der Waals surface area contributed by atoms with Crippen molar-refractivity contribution in [2.75, 3.05) is 0 Å². The Hall–Kier alpha value is -2.64. The molecule has 8 heteroatoms. The van der Waals surface area contributed by atoms with Gasteiger partial charge in [0.25, 0.3) is 5.56 Å². The van der Waals surface area contributed by atoms with E-state index in [9.17, 15) is 14.7 Å². The molecule has 2 heterocycles. The van der Waals surface area contributed by atoms with Crippen molar-refractivity contribution in [1.82, 2.24) is 18.9 Å². The summed E-state index contributed by atoms with van der Waals surface area (Å²) in [6.45, 7) is 6.40. The maximum Gasteiger partial charge on any atom is 0.333 e. The smallest absolute Gasteiger partial charge is 0.333 e. The molecule has 0 spiro atoms. The molecule has 0 amide bonds. The molecule has 8 nitrogen and oxygen atoms in total. The molecule has 0 aromatic carbocycles. The highest BCUT2D eigenvalue weighted by atomic mass is 16.3. The van der Waals surface area contributed by atoms with Gasteiger partial charge in [0.2, 0.25) is 5.88 Å². The molecule has 0 fully saturated rings. The first-order chi connectivity index (χ1) is 10.3. The Bertz CT molecular complexity index is 870. The normalized spacial score (nSPS) is 11.5. The van der Waals surface area contributed by atoms with E-state index in [4.69, 9.17) is 0 Å². The van der Waals surface area contributed by atoms with Gasteiger partial charge in [-0.3, -0.25) is 23.6 Å². The summed E-state index contributed by atoms with van der Waals surface area (Å²) >= 11 is 0. The minimum absolute atomic E-state index is 0.0346. The zero-order valence-electron chi connectivity index (χ0n) is 13.3. The monoisotopic (exact) mass is 305 g/mol. The van der Waals surface area contributed by atoms with Crippen molar-refractivity contribution in [3.05, 3.63) is 37.8 Å². The van der Waals surface area contributed by atoms with E-state index in [0.29, 0.717) is 5.69 Å². The molecule has 2 rings (SSSR count). The van der Waals surface area contributed by atoms with Gasteiger partial charge in [-0.05, 0) is 20.8 Å². The van der Waals surface area contributed by atoms with Crippen LogP contribution < -0.4 is 11.2 Å². The third-order valence-electron chi connectivity index (χ3n) is 3.63. The summed E-state index contributed by atoms with van der Waals surface area (Å²) in [5, 5.41) is 14.3. The number of aliphatic imine (C=N–C) groups is 1. The van der Waals surface area contributed by atoms with E-state index in [-0.39, 0.29) is 5.56 Å². The van der Waals surface area contributed by atoms with Crippen molar-refractivity contribution in [2.45, 2.75) is 27.3 Å². The first-order valence-electron chi connectivity index (χ1n) is 6.86. The molecule has 0 saturated carbocycles. The zero-order chi connectivity index (χ0) is 16.6. The van der Waals surface area contributed by atoms with Crippen LogP contribution in [0.3, 0.4) is 0 Å². The Labute approximate surface area is 127 Å². The number of nitrogens with zero attached hydrogens (tertiary/aromatic N) is 5. The van der Waals surface area contributed by atoms with Gasteiger partial charge in [-0.25, -0.2) is 4.79 Å². The van der Waals surface area contributed by atoms with Crippen molar-refractivity contribution >= 4 is 11.9 Å². The lowest BCUT2D eigenvalue weighted by Gasteiger charge is -2.07. The largest absolute Gasteiger partial charge is 0.494 e. The highest BCUT2D eigenvalue weighted by molar-refractivity contribution is 5.84. The Balaban J connectivity index is 2.60. The average Bonchev–Trinajstić information content (AvgIpc) is 2.78. The summed E-state index contributed by atoms with van der Waals surface area (Å²) in [4.78, 5) is 28.1. The number of aryl methyl sites for hydroxylation is 2. The lowest BCUT2D eigenvalue weighted by atomic mass is 10.3. The van der Waals surface area contributed by atoms with Gasteiger partial charge >= 0.3 is 5.69 Å². The molecule has 0 radical (unpaired) electrons. The van der Waals surface area contributed by atoms with E-state index >= 15 is 0 Å². The Morgan fingerprint density at radius 1 is 1.23 bits per heavy atom. The maximum atomic E-state index is 12.1. The Morgan fingerprint density at radius 2 is 1.86 bits per heavy atom. The van der Waals surface area contributed by atoms with Crippen LogP contribution in [0.5, 0.6) is 5.88 Å². The summed E-state index contributed by atoms with van der Waals surface area (Å²) in [5.74, 6) is -0.407. The van der Waals surface area contributed by atoms with Crippen molar-refractivity contribution in [2.24, 2.45) is 19.1 Å². The van der Waals surface area contributed by atoms with E-state index in [1.807, 2.05) is 20.8 Å². The minimum Gasteiger partial charge on any atom is -0.494 e. The van der Waals surface area contributed by atoms with Crippen LogP contribution >= 0.6 is 0 Å². The molecule has 0 bridgehead atoms. The number of rotatable bonds is 3. The fraction of sp³-hybridized carbons (Fsp3) is 0.429. The molecule has 0 aliphatic carbocycles. The number of aromatic nitrogens is 4. The van der Waals surface area contributed by atoms with E-state index < -0.39 is 17.1 Å². The lowest BCUT2D eigenvalue weighted by molar-refractivity contribution is 0.410. The molecule has 0 atom stereocenters. The predicted molar refractivity (Wildman–Crippen MR) is 83.2 cm³/mol. The van der Waals surface area contributed by atoms with Crippen LogP contribution in [-0.4, -0.2) is 30.2 Å². The van der Waals surface area contributed by atoms with Gasteiger partial charge in [-0.1, -0.05) is 0 Å². The molecule has 0 aliphatic rings. The van der Waals surface area contributed by atoms with E-state index in [1.165, 1.54) is 20.3 Å². The third kappa shape index (κ3) is 2.36. The molecule has 22 heavy (non-hydrogen) atoms. The maximum absolute atomic E-state index is 12.1. The van der Waals surface area contributed by atoms with Crippen molar-refractivity contribution in [1.29, 1.82) is 0 Å². The molecule has 2 aromatic heterocycles. The minimum atomic E-state index is -0.595. The van der Waals surface area contributed by atoms with Crippen LogP contribution in [0.2, 0.25) is 0 Å². The van der Waals surface area contributed by atoms with Crippen LogP contribution in [0.4, 0.5) is 5.69 Å². The van der Waals surface area contributed by atoms with Crippen LogP contribution in [0.25, 0.3) is 0 Å². The third-order valence-corrected chi connectivity index (χ3v) is 3.63. The molecule has 2 aromatic rings. The first-order valence-corrected chi connectivity index (χ1v) is 6.86. The second kappa shape index (κ2) is 5.63. The van der Waals surface area contributed by atoms with Crippen molar-refractivity contribution < 1.29 is 5.11 Å². The van der Waals surface area contributed by atoms with Gasteiger partial charge in [0.15, 0.2) is 0 Å². The van der Waals surface area contributed by atoms with E-state index in [2.05, 4.69) is 10.1 Å². The van der Waals surface area contributed by atoms with Crippen LogP contribution in [0, 0.1) is 13.8 Å². The quantitative estimate of drug-likeness (QED) is 0.829. The number of hydrogen-bond donors (Lipinski definition) is 1. The number of aromatic hydroxyl groups is 1. The summed E-state index contributed by atoms with van der Waals surface area (Å²) in [6.07, 6.45) is 1.27. The molecular weight excluding hydrogens is 286 g/mol. The SMILES string of the molecule is CCn1nc(C)c(N=Cc2c(O)n(C)c(=O)n(C)c2=O)c1C. The fourth-order valence-corrected chi connectivity index (χ4v) is 2.28. The highest BCUT2D eigenvalue weighted by Gasteiger charge is 2.14. The topological polar surface area (TPSA) is 94.4 Å². The molecule has 1 N–H and O–H groups in total. The summed E-state index contributed by atoms with van der Waals surface area (Å²) in [6, 6.07) is 0. The van der Waals surface area contributed by atoms with Crippen molar-refractivity contribution in [3.63, 3.8) is 0 Å². The fourth-order valence-electron chi connectivity index (χ4n) is 2.28. The standard InChI is InChI=1S/C14H19N5O3/c1-6-19-9(3)11(8(2)16-19)15-7-10-12(20)17(4)14(22)18(5)13(10)21/h7,20H,6H2,1-5H3. The predicted octanol–water partition coefficient (Wildman–Crippen LogP) is 0.373. The van der Waals surface area contributed by atoms with Gasteiger partial charge in [-0.15, -0.1) is 0 Å². The molecule has 0 aliphatic heterocycles. The van der Waals surface area contributed by atoms with Gasteiger partial charge in [0.1, 0.15) is 11.3 Å². The summed E-state index contributed by atoms with van der Waals surface area (Å²) < 4.78 is 3.73. The van der Waals surface area contributed by atoms with Crippen LogP contribution in [0.1, 0.15) is 23.9 Å². The second-order valence-corrected chi connectivity index (χ2v) is 5.04. The summed E-state index contributed by atoms with van der Waals surface area (Å²) in [7, 11) is 2.74. The first kappa shape index (κ1) is 15.7. The van der Waals surface area contributed by atoms with Crippen molar-refractivity contribution in [3.8, 4) is 5.88 Å². The zero-order valence-corrected chi connectivity index (χ0v) is 13.3. The summed E-state index contributed by atoms with van der Waals surface area (Å²) in [5.41, 5.74) is 1.03. The van der Waals surface area contributed by atoms with Crippen LogP contribution in [0.15, 0.2) is 14.6 Å². The lowest BCUT2D eigenvalue weighted by Crippen LogP contribution is -2.38. The van der Waals surface area contributed by atoms with Gasteiger partial charge < -0.3 is 5.11 Å². The molecule has 0 saturated heterocycles.